The third-order valence-electron chi connectivity index (χ3n) is 5.72. The molecule has 150 valence electrons. The average Bonchev–Trinajstić information content (AvgIpc) is 3.43. The van der Waals surface area contributed by atoms with Crippen LogP contribution in [-0.2, 0) is 4.79 Å². The van der Waals surface area contributed by atoms with Crippen molar-refractivity contribution in [1.29, 1.82) is 5.26 Å². The smallest absolute Gasteiger partial charge is 0.318 e. The minimum atomic E-state index is -3.21. The molecule has 0 aromatic carbocycles. The van der Waals surface area contributed by atoms with Gasteiger partial charge in [-0.25, -0.2) is 22.4 Å². The Morgan fingerprint density at radius 3 is 2.19 bits per heavy atom. The van der Waals surface area contributed by atoms with Gasteiger partial charge in [0.15, 0.2) is 0 Å². The van der Waals surface area contributed by atoms with E-state index < -0.39 is 47.2 Å². The fourth-order valence-electron chi connectivity index (χ4n) is 3.58. The molecular formula is C17H22F4N4O2. The maximum absolute atomic E-state index is 13.5. The summed E-state index contributed by atoms with van der Waals surface area (Å²) < 4.78 is 53.8. The van der Waals surface area contributed by atoms with Gasteiger partial charge in [0.25, 0.3) is 5.92 Å². The highest BCUT2D eigenvalue weighted by Gasteiger charge is 2.70. The molecule has 0 radical (unpaired) electrons. The number of halogens is 4. The van der Waals surface area contributed by atoms with E-state index in [2.05, 4.69) is 10.6 Å². The average molecular weight is 390 g/mol. The summed E-state index contributed by atoms with van der Waals surface area (Å²) in [6.45, 7) is 0.803. The van der Waals surface area contributed by atoms with Gasteiger partial charge in [-0.15, -0.1) is 0 Å². The number of carbonyl (C=O) groups is 2. The highest BCUT2D eigenvalue weighted by molar-refractivity contribution is 5.88. The van der Waals surface area contributed by atoms with Crippen molar-refractivity contribution in [3.05, 3.63) is 0 Å². The summed E-state index contributed by atoms with van der Waals surface area (Å²) in [5.41, 5.74) is -2.08. The number of hydrogen-bond acceptors (Lipinski definition) is 3. The molecule has 2 N–H and O–H groups in total. The van der Waals surface area contributed by atoms with E-state index in [1.165, 1.54) is 4.90 Å². The van der Waals surface area contributed by atoms with E-state index in [0.29, 0.717) is 19.8 Å². The predicted octanol–water partition coefficient (Wildman–Crippen LogP) is 2.40. The Morgan fingerprint density at radius 2 is 1.78 bits per heavy atom. The number of nitriles is 1. The summed E-state index contributed by atoms with van der Waals surface area (Å²) in [6.07, 6.45) is 0.0555. The van der Waals surface area contributed by atoms with E-state index in [4.69, 9.17) is 5.26 Å². The van der Waals surface area contributed by atoms with Crippen molar-refractivity contribution in [3.63, 3.8) is 0 Å². The van der Waals surface area contributed by atoms with Crippen molar-refractivity contribution >= 4 is 11.9 Å². The van der Waals surface area contributed by atoms with Crippen LogP contribution in [0.4, 0.5) is 22.4 Å². The third-order valence-corrected chi connectivity index (χ3v) is 5.72. The van der Waals surface area contributed by atoms with Gasteiger partial charge >= 0.3 is 6.03 Å². The molecule has 3 amide bonds. The lowest BCUT2D eigenvalue weighted by Crippen LogP contribution is -2.55. The quantitative estimate of drug-likeness (QED) is 0.707. The second-order valence-electron chi connectivity index (χ2n) is 8.11. The fraction of sp³-hybridized carbons (Fsp3) is 0.824. The van der Waals surface area contributed by atoms with Crippen molar-refractivity contribution in [2.45, 2.75) is 68.9 Å². The van der Waals surface area contributed by atoms with E-state index in [0.717, 1.165) is 0 Å². The van der Waals surface area contributed by atoms with E-state index in [1.54, 1.807) is 0 Å². The number of piperidine rings is 1. The molecule has 6 nitrogen and oxygen atoms in total. The van der Waals surface area contributed by atoms with Crippen LogP contribution in [0, 0.1) is 16.7 Å². The summed E-state index contributed by atoms with van der Waals surface area (Å²) >= 11 is 0. The van der Waals surface area contributed by atoms with Crippen LogP contribution in [0.3, 0.4) is 0 Å². The van der Waals surface area contributed by atoms with Gasteiger partial charge in [-0.1, -0.05) is 0 Å². The molecule has 1 heterocycles. The lowest BCUT2D eigenvalue weighted by Gasteiger charge is -2.33. The van der Waals surface area contributed by atoms with Crippen LogP contribution in [0.5, 0.6) is 0 Å². The molecule has 0 bridgehead atoms. The number of nitrogens with zero attached hydrogens (tertiary/aromatic N) is 2. The Kier molecular flexibility index (Phi) is 4.56. The van der Waals surface area contributed by atoms with Gasteiger partial charge in [0.2, 0.25) is 11.8 Å². The maximum Gasteiger partial charge on any atom is 0.318 e. The number of nitrogens with one attached hydrogen (secondary N) is 2. The molecule has 2 saturated carbocycles. The monoisotopic (exact) mass is 390 g/mol. The maximum atomic E-state index is 13.5. The molecule has 27 heavy (non-hydrogen) atoms. The Balaban J connectivity index is 1.59. The molecule has 0 unspecified atom stereocenters. The standard InChI is InChI=1S/C17H22F4N4O2/c1-14(18,19)8-11(12(26)24-16(10-22)2-3-16)23-13(27)25-6-4-15(5-7-25)9-17(15,20)21/h11H,2-9H2,1H3,(H,23,27)(H,24,26)/t11-/m0/s1. The van der Waals surface area contributed by atoms with Crippen LogP contribution < -0.4 is 10.6 Å². The molecule has 1 spiro atoms. The van der Waals surface area contributed by atoms with E-state index in [1.807, 2.05) is 6.07 Å². The van der Waals surface area contributed by atoms with Gasteiger partial charge in [-0.3, -0.25) is 4.79 Å². The molecule has 1 atom stereocenters. The summed E-state index contributed by atoms with van der Waals surface area (Å²) in [5.74, 6) is -6.75. The Bertz CT molecular complexity index is 673. The zero-order chi connectivity index (χ0) is 20.1. The van der Waals surface area contributed by atoms with Gasteiger partial charge in [0, 0.05) is 31.3 Å². The van der Waals surface area contributed by atoms with Gasteiger partial charge in [-0.05, 0) is 32.6 Å². The van der Waals surface area contributed by atoms with Gasteiger partial charge < -0.3 is 15.5 Å². The molecule has 1 saturated heterocycles. The first-order valence-corrected chi connectivity index (χ1v) is 8.95. The van der Waals surface area contributed by atoms with E-state index in [-0.39, 0.29) is 32.4 Å². The lowest BCUT2D eigenvalue weighted by atomic mass is 9.93. The van der Waals surface area contributed by atoms with Crippen LogP contribution in [0.25, 0.3) is 0 Å². The Hall–Kier alpha value is -2.05. The van der Waals surface area contributed by atoms with Gasteiger partial charge in [-0.2, -0.15) is 5.26 Å². The van der Waals surface area contributed by atoms with Crippen LogP contribution in [0.15, 0.2) is 0 Å². The lowest BCUT2D eigenvalue weighted by molar-refractivity contribution is -0.126. The SMILES string of the molecule is CC(F)(F)C[C@H](NC(=O)N1CCC2(CC1)CC2(F)F)C(=O)NC1(C#N)CC1. The minimum Gasteiger partial charge on any atom is -0.336 e. The van der Waals surface area contributed by atoms with Gasteiger partial charge in [0.1, 0.15) is 11.6 Å². The van der Waals surface area contributed by atoms with E-state index >= 15 is 0 Å². The zero-order valence-electron chi connectivity index (χ0n) is 15.0. The molecule has 10 heteroatoms. The number of likely N-dealkylation sites (tertiary alicyclic amines) is 1. The first-order valence-electron chi connectivity index (χ1n) is 8.95. The first-order chi connectivity index (χ1) is 12.4. The van der Waals surface area contributed by atoms with Gasteiger partial charge in [0.05, 0.1) is 6.07 Å². The second-order valence-corrected chi connectivity index (χ2v) is 8.11. The highest BCUT2D eigenvalue weighted by atomic mass is 19.3. The number of hydrogen-bond donors (Lipinski definition) is 2. The van der Waals surface area contributed by atoms with Crippen LogP contribution in [-0.4, -0.2) is 53.4 Å². The fourth-order valence-corrected chi connectivity index (χ4v) is 3.58. The molecule has 2 aliphatic carbocycles. The van der Waals surface area contributed by atoms with Crippen molar-refractivity contribution in [1.82, 2.24) is 15.5 Å². The van der Waals surface area contributed by atoms with Crippen molar-refractivity contribution in [3.8, 4) is 6.07 Å². The molecule has 3 aliphatic rings. The van der Waals surface area contributed by atoms with Crippen LogP contribution in [0.2, 0.25) is 0 Å². The number of urea groups is 1. The number of rotatable bonds is 5. The molecule has 1 aliphatic heterocycles. The molecular weight excluding hydrogens is 368 g/mol. The molecule has 0 aromatic rings. The van der Waals surface area contributed by atoms with Crippen LogP contribution in [0.1, 0.15) is 45.4 Å². The van der Waals surface area contributed by atoms with Crippen molar-refractivity contribution < 1.29 is 27.2 Å². The second kappa shape index (κ2) is 6.24. The Labute approximate surface area is 154 Å². The largest absolute Gasteiger partial charge is 0.336 e. The molecule has 3 fully saturated rings. The topological polar surface area (TPSA) is 85.2 Å². The zero-order valence-corrected chi connectivity index (χ0v) is 15.0. The minimum absolute atomic E-state index is 0.0837. The summed E-state index contributed by atoms with van der Waals surface area (Å²) in [7, 11) is 0. The van der Waals surface area contributed by atoms with Crippen molar-refractivity contribution in [2.24, 2.45) is 5.41 Å². The summed E-state index contributed by atoms with van der Waals surface area (Å²) in [4.78, 5) is 26.0. The number of alkyl halides is 4. The summed E-state index contributed by atoms with van der Waals surface area (Å²) in [6, 6.07) is -0.321. The normalized spacial score (nSPS) is 25.3. The third kappa shape index (κ3) is 4.12. The van der Waals surface area contributed by atoms with Crippen LogP contribution >= 0.6 is 0 Å². The Morgan fingerprint density at radius 1 is 1.22 bits per heavy atom. The van der Waals surface area contributed by atoms with Crippen molar-refractivity contribution in [2.75, 3.05) is 13.1 Å². The highest BCUT2D eigenvalue weighted by Crippen LogP contribution is 2.65. The molecule has 0 aromatic heterocycles. The van der Waals surface area contributed by atoms with E-state index in [9.17, 15) is 27.2 Å². The molecule has 3 rings (SSSR count). The number of carbonyl (C=O) groups excluding carboxylic acids is 2. The predicted molar refractivity (Wildman–Crippen MR) is 86.1 cm³/mol. The summed E-state index contributed by atoms with van der Waals surface area (Å²) in [5, 5.41) is 13.7. The first kappa shape index (κ1) is 19.7. The number of amides is 3.